The van der Waals surface area contributed by atoms with Gasteiger partial charge in [0.25, 0.3) is 5.56 Å². The number of aromatic nitrogens is 4. The van der Waals surface area contributed by atoms with E-state index in [4.69, 9.17) is 11.6 Å². The van der Waals surface area contributed by atoms with Gasteiger partial charge in [-0.3, -0.25) is 14.5 Å². The number of fused-ring (bicyclic) bond motifs is 1. The Balaban J connectivity index is 1.38. The highest BCUT2D eigenvalue weighted by molar-refractivity contribution is 8.00. The van der Waals surface area contributed by atoms with Crippen molar-refractivity contribution in [3.63, 3.8) is 0 Å². The number of benzene rings is 1. The Morgan fingerprint density at radius 1 is 1.16 bits per heavy atom. The van der Waals surface area contributed by atoms with Crippen LogP contribution in [0.2, 0.25) is 5.02 Å². The summed E-state index contributed by atoms with van der Waals surface area (Å²) in [6, 6.07) is 6.75. The molecule has 31 heavy (non-hydrogen) atoms. The van der Waals surface area contributed by atoms with E-state index >= 15 is 0 Å². The summed E-state index contributed by atoms with van der Waals surface area (Å²) in [6.07, 6.45) is 1.49. The number of pyridine rings is 1. The molecule has 0 spiro atoms. The number of urea groups is 1. The zero-order valence-electron chi connectivity index (χ0n) is 15.3. The lowest BCUT2D eigenvalue weighted by molar-refractivity contribution is 0.262. The number of halogens is 3. The predicted octanol–water partition coefficient (Wildman–Crippen LogP) is 4.41. The van der Waals surface area contributed by atoms with Crippen molar-refractivity contribution < 1.29 is 13.6 Å². The normalized spacial score (nSPS) is 10.9. The molecule has 8 nitrogen and oxygen atoms in total. The van der Waals surface area contributed by atoms with Gasteiger partial charge in [-0.05, 0) is 24.3 Å². The Morgan fingerprint density at radius 3 is 2.81 bits per heavy atom. The Kier molecular flexibility index (Phi) is 6.11. The number of anilines is 2. The van der Waals surface area contributed by atoms with Crippen LogP contribution in [0, 0.1) is 11.6 Å². The van der Waals surface area contributed by atoms with Crippen molar-refractivity contribution in [3.8, 4) is 0 Å². The molecule has 0 saturated heterocycles. The van der Waals surface area contributed by atoms with Gasteiger partial charge in [-0.15, -0.1) is 10.2 Å². The lowest BCUT2D eigenvalue weighted by Gasteiger charge is -2.06. The van der Waals surface area contributed by atoms with Crippen LogP contribution in [-0.2, 0) is 5.75 Å². The van der Waals surface area contributed by atoms with E-state index in [2.05, 4.69) is 25.8 Å². The van der Waals surface area contributed by atoms with Crippen LogP contribution in [0.25, 0.3) is 5.65 Å². The number of nitrogens with one attached hydrogen (secondary N) is 2. The van der Waals surface area contributed by atoms with E-state index in [1.54, 1.807) is 12.1 Å². The van der Waals surface area contributed by atoms with E-state index in [0.717, 1.165) is 23.5 Å². The molecular formula is C18H11ClF2N6O2S2. The van der Waals surface area contributed by atoms with Gasteiger partial charge in [-0.2, -0.15) is 0 Å². The van der Waals surface area contributed by atoms with E-state index in [1.807, 2.05) is 0 Å². The first-order valence-electron chi connectivity index (χ1n) is 8.54. The molecule has 0 aliphatic carbocycles. The minimum atomic E-state index is -0.898. The highest BCUT2D eigenvalue weighted by Crippen LogP contribution is 2.28. The van der Waals surface area contributed by atoms with Gasteiger partial charge >= 0.3 is 6.03 Å². The number of hydrogen-bond acceptors (Lipinski definition) is 7. The summed E-state index contributed by atoms with van der Waals surface area (Å²) in [6.45, 7) is 0. The van der Waals surface area contributed by atoms with Crippen molar-refractivity contribution in [2.45, 2.75) is 10.1 Å². The fraction of sp³-hybridized carbons (Fsp3) is 0.0556. The second kappa shape index (κ2) is 8.96. The van der Waals surface area contributed by atoms with E-state index in [1.165, 1.54) is 28.4 Å². The zero-order valence-corrected chi connectivity index (χ0v) is 17.7. The first kappa shape index (κ1) is 21.2. The van der Waals surface area contributed by atoms with Crippen molar-refractivity contribution >= 4 is 57.2 Å². The number of hydrogen-bond donors (Lipinski definition) is 2. The van der Waals surface area contributed by atoms with Crippen LogP contribution in [0.5, 0.6) is 0 Å². The fourth-order valence-electron chi connectivity index (χ4n) is 2.50. The molecular weight excluding hydrogens is 470 g/mol. The number of amides is 2. The molecule has 0 saturated carbocycles. The lowest BCUT2D eigenvalue weighted by Crippen LogP contribution is -2.20. The fourth-order valence-corrected chi connectivity index (χ4v) is 4.30. The van der Waals surface area contributed by atoms with Crippen LogP contribution in [-0.4, -0.2) is 25.6 Å². The maximum absolute atomic E-state index is 13.6. The number of carbonyl (C=O) groups is 1. The van der Waals surface area contributed by atoms with Crippen molar-refractivity contribution in [2.24, 2.45) is 0 Å². The third-order valence-corrected chi connectivity index (χ3v) is 6.06. The number of nitrogens with zero attached hydrogens (tertiary/aromatic N) is 4. The summed E-state index contributed by atoms with van der Waals surface area (Å²) in [5, 5.41) is 13.1. The summed E-state index contributed by atoms with van der Waals surface area (Å²) in [7, 11) is 0. The molecule has 0 unspecified atom stereocenters. The van der Waals surface area contributed by atoms with E-state index < -0.39 is 17.7 Å². The Morgan fingerprint density at radius 2 is 2.00 bits per heavy atom. The molecule has 3 aromatic heterocycles. The quantitative estimate of drug-likeness (QED) is 0.324. The van der Waals surface area contributed by atoms with Gasteiger partial charge in [0, 0.05) is 24.1 Å². The summed E-state index contributed by atoms with van der Waals surface area (Å²) < 4.78 is 28.4. The second-order valence-corrected chi connectivity index (χ2v) is 8.66. The summed E-state index contributed by atoms with van der Waals surface area (Å²) >= 11 is 8.27. The number of thioether (sulfide) groups is 1. The monoisotopic (exact) mass is 480 g/mol. The molecule has 13 heteroatoms. The van der Waals surface area contributed by atoms with Crippen molar-refractivity contribution in [1.82, 2.24) is 19.6 Å². The van der Waals surface area contributed by atoms with Crippen LogP contribution >= 0.6 is 34.7 Å². The minimum Gasteiger partial charge on any atom is -0.305 e. The molecule has 0 fully saturated rings. The van der Waals surface area contributed by atoms with Crippen LogP contribution in [0.1, 0.15) is 5.69 Å². The number of rotatable bonds is 5. The molecule has 4 rings (SSSR count). The first-order chi connectivity index (χ1) is 14.9. The molecule has 0 radical (unpaired) electrons. The number of carbonyl (C=O) groups excluding carboxylic acids is 1. The molecule has 158 valence electrons. The van der Waals surface area contributed by atoms with Gasteiger partial charge < -0.3 is 5.32 Å². The largest absolute Gasteiger partial charge is 0.325 e. The van der Waals surface area contributed by atoms with E-state index in [-0.39, 0.29) is 16.4 Å². The van der Waals surface area contributed by atoms with Crippen molar-refractivity contribution in [1.29, 1.82) is 0 Å². The SMILES string of the molecule is O=C(Nc1nnc(SCc2cc(=O)n3cc(Cl)ccc3n2)s1)Nc1ccc(F)cc1F. The van der Waals surface area contributed by atoms with E-state index in [0.29, 0.717) is 32.5 Å². The van der Waals surface area contributed by atoms with E-state index in [9.17, 15) is 18.4 Å². The zero-order chi connectivity index (χ0) is 22.0. The van der Waals surface area contributed by atoms with Gasteiger partial charge in [0.05, 0.1) is 16.4 Å². The average molecular weight is 481 g/mol. The maximum atomic E-state index is 13.6. The molecule has 3 heterocycles. The van der Waals surface area contributed by atoms with Crippen LogP contribution < -0.4 is 16.2 Å². The first-order valence-corrected chi connectivity index (χ1v) is 10.7. The molecule has 2 N–H and O–H groups in total. The summed E-state index contributed by atoms with van der Waals surface area (Å²) in [5.41, 5.74) is 0.587. The Hall–Kier alpha value is -3.09. The molecule has 0 aliphatic rings. The third-order valence-electron chi connectivity index (χ3n) is 3.83. The van der Waals surface area contributed by atoms with Gasteiger partial charge in [0.2, 0.25) is 5.13 Å². The average Bonchev–Trinajstić information content (AvgIpc) is 3.16. The lowest BCUT2D eigenvalue weighted by atomic mass is 10.3. The maximum Gasteiger partial charge on any atom is 0.325 e. The smallest absolute Gasteiger partial charge is 0.305 e. The highest BCUT2D eigenvalue weighted by Gasteiger charge is 2.12. The van der Waals surface area contributed by atoms with Gasteiger partial charge in [0.15, 0.2) is 4.34 Å². The highest BCUT2D eigenvalue weighted by atomic mass is 35.5. The molecule has 2 amide bonds. The van der Waals surface area contributed by atoms with Crippen LogP contribution in [0.15, 0.2) is 51.7 Å². The van der Waals surface area contributed by atoms with Crippen LogP contribution in [0.3, 0.4) is 0 Å². The molecule has 1 aromatic carbocycles. The standard InChI is InChI=1S/C18H11ClF2N6O2S2/c19-9-1-4-14-22-11(6-15(28)27(14)7-9)8-30-18-26-25-17(31-18)24-16(29)23-13-3-2-10(20)5-12(13)21/h1-7H,8H2,(H2,23,24,25,29). The Bertz CT molecular complexity index is 1350. The Labute approximate surface area is 186 Å². The topological polar surface area (TPSA) is 101 Å². The molecule has 0 aliphatic heterocycles. The second-order valence-electron chi connectivity index (χ2n) is 6.03. The molecule has 0 atom stereocenters. The molecule has 0 bridgehead atoms. The summed E-state index contributed by atoms with van der Waals surface area (Å²) in [4.78, 5) is 28.6. The predicted molar refractivity (Wildman–Crippen MR) is 115 cm³/mol. The van der Waals surface area contributed by atoms with Crippen LogP contribution in [0.4, 0.5) is 24.4 Å². The van der Waals surface area contributed by atoms with Crippen molar-refractivity contribution in [3.05, 3.63) is 75.3 Å². The van der Waals surface area contributed by atoms with Gasteiger partial charge in [-0.25, -0.2) is 18.6 Å². The van der Waals surface area contributed by atoms with Gasteiger partial charge in [0.1, 0.15) is 17.3 Å². The molecule has 4 aromatic rings. The minimum absolute atomic E-state index is 0.173. The van der Waals surface area contributed by atoms with Crippen molar-refractivity contribution in [2.75, 3.05) is 10.6 Å². The van der Waals surface area contributed by atoms with Gasteiger partial charge in [-0.1, -0.05) is 34.7 Å². The third kappa shape index (κ3) is 5.16. The summed E-state index contributed by atoms with van der Waals surface area (Å²) in [5.74, 6) is -1.29.